The van der Waals surface area contributed by atoms with Crippen molar-refractivity contribution in [3.05, 3.63) is 76.7 Å². The van der Waals surface area contributed by atoms with Crippen LogP contribution in [0.2, 0.25) is 0 Å². The van der Waals surface area contributed by atoms with Crippen molar-refractivity contribution in [2.24, 2.45) is 0 Å². The quantitative estimate of drug-likeness (QED) is 0.707. The van der Waals surface area contributed by atoms with E-state index in [1.165, 1.54) is 18.2 Å². The van der Waals surface area contributed by atoms with E-state index in [2.05, 4.69) is 6.58 Å². The Morgan fingerprint density at radius 2 is 1.76 bits per heavy atom. The zero-order valence-electron chi connectivity index (χ0n) is 11.0. The van der Waals surface area contributed by atoms with E-state index in [0.717, 1.165) is 5.39 Å². The Bertz CT molecular complexity index is 906. The average Bonchev–Trinajstić information content (AvgIpc) is 2.46. The molecule has 4 nitrogen and oxygen atoms in total. The van der Waals surface area contributed by atoms with Crippen molar-refractivity contribution in [1.29, 1.82) is 0 Å². The molecule has 0 radical (unpaired) electrons. The predicted molar refractivity (Wildman–Crippen MR) is 80.4 cm³/mol. The van der Waals surface area contributed by atoms with Crippen LogP contribution < -0.4 is 5.63 Å². The summed E-state index contributed by atoms with van der Waals surface area (Å²) in [6, 6.07) is 13.0. The highest BCUT2D eigenvalue weighted by atomic mass is 16.4. The van der Waals surface area contributed by atoms with Crippen LogP contribution in [0.1, 0.15) is 11.1 Å². The Hall–Kier alpha value is -3.01. The van der Waals surface area contributed by atoms with Crippen molar-refractivity contribution in [2.45, 2.75) is 0 Å². The fraction of sp³-hybridized carbons (Fsp3) is 0. The summed E-state index contributed by atoms with van der Waals surface area (Å²) >= 11 is 0. The van der Waals surface area contributed by atoms with Gasteiger partial charge in [0.15, 0.2) is 0 Å². The van der Waals surface area contributed by atoms with Gasteiger partial charge >= 0.3 is 5.63 Å². The SMILES string of the molecule is C=C(c1ccc(O)cc1O)c1cc2ccccc2oc1=O. The van der Waals surface area contributed by atoms with Gasteiger partial charge in [0, 0.05) is 17.0 Å². The molecule has 21 heavy (non-hydrogen) atoms. The van der Waals surface area contributed by atoms with Crippen LogP contribution in [0.25, 0.3) is 16.5 Å². The topological polar surface area (TPSA) is 70.7 Å². The van der Waals surface area contributed by atoms with E-state index in [-0.39, 0.29) is 17.1 Å². The van der Waals surface area contributed by atoms with Crippen LogP contribution in [0.5, 0.6) is 11.5 Å². The van der Waals surface area contributed by atoms with Crippen molar-refractivity contribution in [2.75, 3.05) is 0 Å². The van der Waals surface area contributed by atoms with Gasteiger partial charge in [0.25, 0.3) is 0 Å². The number of phenolic OH excluding ortho intramolecular Hbond substituents is 2. The maximum Gasteiger partial charge on any atom is 0.344 e. The number of benzene rings is 2. The van der Waals surface area contributed by atoms with Gasteiger partial charge in [-0.1, -0.05) is 24.8 Å². The van der Waals surface area contributed by atoms with E-state index in [4.69, 9.17) is 4.42 Å². The molecule has 0 aliphatic carbocycles. The summed E-state index contributed by atoms with van der Waals surface area (Å²) in [6.07, 6.45) is 0. The predicted octanol–water partition coefficient (Wildman–Crippen LogP) is 3.27. The lowest BCUT2D eigenvalue weighted by atomic mass is 9.99. The highest BCUT2D eigenvalue weighted by molar-refractivity contribution is 5.86. The maximum atomic E-state index is 12.1. The first-order chi connectivity index (χ1) is 10.1. The molecule has 104 valence electrons. The van der Waals surface area contributed by atoms with Crippen LogP contribution in [0.15, 0.2) is 64.3 Å². The highest BCUT2D eigenvalue weighted by Crippen LogP contribution is 2.31. The number of aromatic hydroxyl groups is 2. The molecule has 1 aromatic heterocycles. The third-order valence-electron chi connectivity index (χ3n) is 3.27. The Balaban J connectivity index is 2.17. The van der Waals surface area contributed by atoms with Gasteiger partial charge in [0.05, 0.1) is 5.56 Å². The molecule has 1 heterocycles. The second-order valence-electron chi connectivity index (χ2n) is 4.67. The fourth-order valence-corrected chi connectivity index (χ4v) is 2.19. The number of phenols is 2. The summed E-state index contributed by atoms with van der Waals surface area (Å²) in [7, 11) is 0. The summed E-state index contributed by atoms with van der Waals surface area (Å²) in [5.41, 5.74) is 0.956. The molecule has 3 aromatic rings. The molecule has 3 rings (SSSR count). The Morgan fingerprint density at radius 3 is 2.52 bits per heavy atom. The average molecular weight is 280 g/mol. The first kappa shape index (κ1) is 13.0. The molecule has 0 aliphatic rings. The van der Waals surface area contributed by atoms with Gasteiger partial charge in [-0.15, -0.1) is 0 Å². The Morgan fingerprint density at radius 1 is 1.00 bits per heavy atom. The molecule has 4 heteroatoms. The van der Waals surface area contributed by atoms with Crippen molar-refractivity contribution in [3.63, 3.8) is 0 Å². The Labute approximate surface area is 120 Å². The zero-order valence-corrected chi connectivity index (χ0v) is 11.0. The van der Waals surface area contributed by atoms with E-state index in [9.17, 15) is 15.0 Å². The molecule has 0 bridgehead atoms. The molecular formula is C17H12O4. The normalized spacial score (nSPS) is 10.7. The van der Waals surface area contributed by atoms with Gasteiger partial charge in [-0.2, -0.15) is 0 Å². The summed E-state index contributed by atoms with van der Waals surface area (Å²) in [6.45, 7) is 3.85. The van der Waals surface area contributed by atoms with Crippen LogP contribution in [-0.4, -0.2) is 10.2 Å². The lowest BCUT2D eigenvalue weighted by molar-refractivity contribution is 0.449. The van der Waals surface area contributed by atoms with Gasteiger partial charge in [-0.3, -0.25) is 0 Å². The van der Waals surface area contributed by atoms with Gasteiger partial charge < -0.3 is 14.6 Å². The van der Waals surface area contributed by atoms with Crippen LogP contribution in [0, 0.1) is 0 Å². The van der Waals surface area contributed by atoms with Crippen molar-refractivity contribution < 1.29 is 14.6 Å². The van der Waals surface area contributed by atoms with E-state index < -0.39 is 5.63 Å². The fourth-order valence-electron chi connectivity index (χ4n) is 2.19. The number of para-hydroxylation sites is 1. The highest BCUT2D eigenvalue weighted by Gasteiger charge is 2.13. The molecule has 0 saturated carbocycles. The largest absolute Gasteiger partial charge is 0.508 e. The molecular weight excluding hydrogens is 268 g/mol. The summed E-state index contributed by atoms with van der Waals surface area (Å²) in [5.74, 6) is -0.206. The van der Waals surface area contributed by atoms with E-state index >= 15 is 0 Å². The molecule has 0 atom stereocenters. The van der Waals surface area contributed by atoms with Crippen molar-refractivity contribution in [3.8, 4) is 11.5 Å². The zero-order chi connectivity index (χ0) is 15.0. The van der Waals surface area contributed by atoms with Crippen molar-refractivity contribution >= 4 is 16.5 Å². The maximum absolute atomic E-state index is 12.1. The second-order valence-corrected chi connectivity index (χ2v) is 4.67. The van der Waals surface area contributed by atoms with Crippen LogP contribution in [0.3, 0.4) is 0 Å². The van der Waals surface area contributed by atoms with Gasteiger partial charge in [0.2, 0.25) is 0 Å². The molecule has 0 amide bonds. The summed E-state index contributed by atoms with van der Waals surface area (Å²) in [5, 5.41) is 20.0. The molecule has 0 saturated heterocycles. The van der Waals surface area contributed by atoms with Gasteiger partial charge in [-0.25, -0.2) is 4.79 Å². The number of rotatable bonds is 2. The molecule has 0 aliphatic heterocycles. The molecule has 2 aromatic carbocycles. The lowest BCUT2D eigenvalue weighted by Crippen LogP contribution is -2.06. The molecule has 0 spiro atoms. The van der Waals surface area contributed by atoms with Crippen molar-refractivity contribution in [1.82, 2.24) is 0 Å². The first-order valence-electron chi connectivity index (χ1n) is 6.31. The summed E-state index contributed by atoms with van der Waals surface area (Å²) < 4.78 is 5.25. The molecule has 0 unspecified atom stereocenters. The van der Waals surface area contributed by atoms with E-state index in [1.807, 2.05) is 12.1 Å². The Kier molecular flexibility index (Phi) is 2.99. The van der Waals surface area contributed by atoms with Gasteiger partial charge in [-0.05, 0) is 29.8 Å². The van der Waals surface area contributed by atoms with Crippen LogP contribution in [-0.2, 0) is 0 Å². The number of fused-ring (bicyclic) bond motifs is 1. The third-order valence-corrected chi connectivity index (χ3v) is 3.27. The van der Waals surface area contributed by atoms with E-state index in [0.29, 0.717) is 16.7 Å². The number of hydrogen-bond donors (Lipinski definition) is 2. The summed E-state index contributed by atoms with van der Waals surface area (Å²) in [4.78, 5) is 12.1. The number of hydrogen-bond acceptors (Lipinski definition) is 4. The van der Waals surface area contributed by atoms with Crippen LogP contribution in [0.4, 0.5) is 0 Å². The first-order valence-corrected chi connectivity index (χ1v) is 6.31. The van der Waals surface area contributed by atoms with Crippen LogP contribution >= 0.6 is 0 Å². The third kappa shape index (κ3) is 2.27. The lowest BCUT2D eigenvalue weighted by Gasteiger charge is -2.08. The van der Waals surface area contributed by atoms with Gasteiger partial charge in [0.1, 0.15) is 17.1 Å². The minimum absolute atomic E-state index is 0.0606. The second kappa shape index (κ2) is 4.83. The minimum Gasteiger partial charge on any atom is -0.508 e. The van der Waals surface area contributed by atoms with E-state index in [1.54, 1.807) is 18.2 Å². The minimum atomic E-state index is -0.522. The standard InChI is InChI=1S/C17H12O4/c1-10(13-7-6-12(18)9-15(13)19)14-8-11-4-2-3-5-16(11)21-17(14)20/h2-9,18-19H,1H2. The molecule has 0 fully saturated rings. The monoisotopic (exact) mass is 280 g/mol. The smallest absolute Gasteiger partial charge is 0.344 e. The molecule has 2 N–H and O–H groups in total.